The molecule has 2 heterocycles. The second-order valence-corrected chi connectivity index (χ2v) is 7.32. The summed E-state index contributed by atoms with van der Waals surface area (Å²) in [5.41, 5.74) is 1.10. The minimum atomic E-state index is -3.71. The number of benzene rings is 1. The number of anilines is 1. The maximum Gasteiger partial charge on any atom is 0.240 e. The fraction of sp³-hybridized carbons (Fsp3) is 0.294. The topological polar surface area (TPSA) is 95.3 Å². The summed E-state index contributed by atoms with van der Waals surface area (Å²) >= 11 is 0. The number of ether oxygens (including phenoxy) is 1. The highest BCUT2D eigenvalue weighted by molar-refractivity contribution is 7.89. The predicted molar refractivity (Wildman–Crippen MR) is 92.5 cm³/mol. The van der Waals surface area contributed by atoms with Crippen molar-refractivity contribution in [1.82, 2.24) is 9.71 Å². The largest absolute Gasteiger partial charge is 0.378 e. The highest BCUT2D eigenvalue weighted by Gasteiger charge is 2.19. The van der Waals surface area contributed by atoms with Crippen LogP contribution < -0.4 is 9.62 Å². The van der Waals surface area contributed by atoms with Gasteiger partial charge in [-0.1, -0.05) is 12.1 Å². The molecule has 130 valence electrons. The van der Waals surface area contributed by atoms with Crippen LogP contribution in [0, 0.1) is 11.3 Å². The molecule has 3 rings (SSSR count). The zero-order chi connectivity index (χ0) is 17.7. The highest BCUT2D eigenvalue weighted by atomic mass is 32.2. The minimum Gasteiger partial charge on any atom is -0.378 e. The van der Waals surface area contributed by atoms with E-state index < -0.39 is 10.0 Å². The fourth-order valence-electron chi connectivity index (χ4n) is 2.62. The van der Waals surface area contributed by atoms with Gasteiger partial charge in [0.2, 0.25) is 10.0 Å². The second kappa shape index (κ2) is 7.61. The van der Waals surface area contributed by atoms with E-state index in [-0.39, 0.29) is 11.4 Å². The van der Waals surface area contributed by atoms with Gasteiger partial charge in [-0.05, 0) is 24.3 Å². The summed E-state index contributed by atoms with van der Waals surface area (Å²) in [5, 5.41) is 8.93. The lowest BCUT2D eigenvalue weighted by Crippen LogP contribution is -2.37. The first-order valence-electron chi connectivity index (χ1n) is 7.86. The van der Waals surface area contributed by atoms with E-state index in [2.05, 4.69) is 14.6 Å². The third-order valence-corrected chi connectivity index (χ3v) is 5.30. The molecule has 1 saturated heterocycles. The van der Waals surface area contributed by atoms with Gasteiger partial charge in [-0.3, -0.25) is 0 Å². The lowest BCUT2D eigenvalue weighted by atomic mass is 10.2. The Balaban J connectivity index is 1.78. The summed E-state index contributed by atoms with van der Waals surface area (Å²) in [6.45, 7) is 2.83. The zero-order valence-electron chi connectivity index (χ0n) is 13.6. The Morgan fingerprint density at radius 2 is 2.04 bits per heavy atom. The van der Waals surface area contributed by atoms with Gasteiger partial charge in [0.15, 0.2) is 0 Å². The lowest BCUT2D eigenvalue weighted by molar-refractivity contribution is 0.122. The van der Waals surface area contributed by atoms with Crippen LogP contribution in [0.15, 0.2) is 47.5 Å². The number of rotatable bonds is 5. The summed E-state index contributed by atoms with van der Waals surface area (Å²) in [6, 6.07) is 11.5. The van der Waals surface area contributed by atoms with Crippen LogP contribution in [-0.4, -0.2) is 39.7 Å². The molecule has 8 heteroatoms. The summed E-state index contributed by atoms with van der Waals surface area (Å²) in [4.78, 5) is 6.55. The lowest BCUT2D eigenvalue weighted by Gasteiger charge is -2.29. The van der Waals surface area contributed by atoms with E-state index in [0.29, 0.717) is 18.8 Å². The molecule has 1 aliphatic heterocycles. The van der Waals surface area contributed by atoms with Crippen LogP contribution in [-0.2, 0) is 21.3 Å². The first kappa shape index (κ1) is 17.4. The van der Waals surface area contributed by atoms with Gasteiger partial charge in [-0.2, -0.15) is 5.26 Å². The number of nitrogens with zero attached hydrogens (tertiary/aromatic N) is 3. The van der Waals surface area contributed by atoms with E-state index in [1.807, 2.05) is 12.1 Å². The maximum absolute atomic E-state index is 12.5. The van der Waals surface area contributed by atoms with Crippen molar-refractivity contribution in [3.63, 3.8) is 0 Å². The Hall–Kier alpha value is -2.47. The molecule has 1 aromatic heterocycles. The number of morpholine rings is 1. The SMILES string of the molecule is N#Cc1cccc(S(=O)(=O)NCc2cccnc2N2CCOCC2)c1. The van der Waals surface area contributed by atoms with E-state index in [9.17, 15) is 8.42 Å². The van der Waals surface area contributed by atoms with Crippen LogP contribution in [0.4, 0.5) is 5.82 Å². The summed E-state index contributed by atoms with van der Waals surface area (Å²) < 4.78 is 32.9. The molecule has 7 nitrogen and oxygen atoms in total. The van der Waals surface area contributed by atoms with E-state index in [0.717, 1.165) is 24.5 Å². The molecular formula is C17H18N4O3S. The molecule has 25 heavy (non-hydrogen) atoms. The average Bonchev–Trinajstić information content (AvgIpc) is 2.67. The molecule has 1 N–H and O–H groups in total. The van der Waals surface area contributed by atoms with E-state index in [4.69, 9.17) is 10.00 Å². The van der Waals surface area contributed by atoms with Gasteiger partial charge in [0.25, 0.3) is 0 Å². The second-order valence-electron chi connectivity index (χ2n) is 5.55. The Kier molecular flexibility index (Phi) is 5.28. The molecule has 0 amide bonds. The third kappa shape index (κ3) is 4.14. The van der Waals surface area contributed by atoms with Crippen molar-refractivity contribution in [3.05, 3.63) is 53.7 Å². The first-order chi connectivity index (χ1) is 12.1. The molecule has 0 saturated carbocycles. The minimum absolute atomic E-state index is 0.0726. The van der Waals surface area contributed by atoms with Crippen LogP contribution in [0.25, 0.3) is 0 Å². The van der Waals surface area contributed by atoms with Crippen LogP contribution >= 0.6 is 0 Å². The van der Waals surface area contributed by atoms with Crippen molar-refractivity contribution in [2.75, 3.05) is 31.2 Å². The number of nitrogens with one attached hydrogen (secondary N) is 1. The van der Waals surface area contributed by atoms with Gasteiger partial charge < -0.3 is 9.64 Å². The van der Waals surface area contributed by atoms with Crippen molar-refractivity contribution >= 4 is 15.8 Å². The molecule has 0 bridgehead atoms. The molecule has 1 aliphatic rings. The molecule has 1 aromatic carbocycles. The smallest absolute Gasteiger partial charge is 0.240 e. The van der Waals surface area contributed by atoms with Crippen molar-refractivity contribution < 1.29 is 13.2 Å². The Labute approximate surface area is 146 Å². The molecule has 2 aromatic rings. The Bertz CT molecular complexity index is 887. The van der Waals surface area contributed by atoms with Gasteiger partial charge in [0, 0.05) is 31.4 Å². The van der Waals surface area contributed by atoms with Gasteiger partial charge in [0.05, 0.1) is 29.7 Å². The summed E-state index contributed by atoms with van der Waals surface area (Å²) in [7, 11) is -3.71. The van der Waals surface area contributed by atoms with Crippen LogP contribution in [0.1, 0.15) is 11.1 Å². The van der Waals surface area contributed by atoms with Crippen molar-refractivity contribution in [3.8, 4) is 6.07 Å². The number of nitriles is 1. The van der Waals surface area contributed by atoms with Gasteiger partial charge >= 0.3 is 0 Å². The standard InChI is InChI=1S/C17H18N4O3S/c18-12-14-3-1-5-16(11-14)25(22,23)20-13-15-4-2-6-19-17(15)21-7-9-24-10-8-21/h1-6,11,20H,7-10,13H2. The van der Waals surface area contributed by atoms with Crippen LogP contribution in [0.3, 0.4) is 0 Å². The quantitative estimate of drug-likeness (QED) is 0.865. The Morgan fingerprint density at radius 1 is 1.24 bits per heavy atom. The first-order valence-corrected chi connectivity index (χ1v) is 9.35. The summed E-state index contributed by atoms with van der Waals surface area (Å²) in [5.74, 6) is 0.763. The van der Waals surface area contributed by atoms with Gasteiger partial charge in [-0.25, -0.2) is 18.1 Å². The number of aromatic nitrogens is 1. The Morgan fingerprint density at radius 3 is 2.80 bits per heavy atom. The molecular weight excluding hydrogens is 340 g/mol. The van der Waals surface area contributed by atoms with Crippen LogP contribution in [0.2, 0.25) is 0 Å². The van der Waals surface area contributed by atoms with Gasteiger partial charge in [0.1, 0.15) is 5.82 Å². The fourth-order valence-corrected chi connectivity index (χ4v) is 3.67. The van der Waals surface area contributed by atoms with Crippen molar-refractivity contribution in [2.45, 2.75) is 11.4 Å². The van der Waals surface area contributed by atoms with Crippen molar-refractivity contribution in [1.29, 1.82) is 5.26 Å². The van der Waals surface area contributed by atoms with E-state index >= 15 is 0 Å². The van der Waals surface area contributed by atoms with E-state index in [1.54, 1.807) is 24.4 Å². The van der Waals surface area contributed by atoms with Crippen LogP contribution in [0.5, 0.6) is 0 Å². The predicted octanol–water partition coefficient (Wildman–Crippen LogP) is 1.27. The monoisotopic (exact) mass is 358 g/mol. The zero-order valence-corrected chi connectivity index (χ0v) is 14.4. The van der Waals surface area contributed by atoms with Gasteiger partial charge in [-0.15, -0.1) is 0 Å². The molecule has 0 atom stereocenters. The van der Waals surface area contributed by atoms with Crippen molar-refractivity contribution in [2.24, 2.45) is 0 Å². The molecule has 1 fully saturated rings. The number of pyridine rings is 1. The molecule has 0 aliphatic carbocycles. The molecule has 0 radical (unpaired) electrons. The average molecular weight is 358 g/mol. The summed E-state index contributed by atoms with van der Waals surface area (Å²) in [6.07, 6.45) is 1.69. The third-order valence-electron chi connectivity index (χ3n) is 3.90. The molecule has 0 unspecified atom stereocenters. The maximum atomic E-state index is 12.5. The number of sulfonamides is 1. The highest BCUT2D eigenvalue weighted by Crippen LogP contribution is 2.19. The van der Waals surface area contributed by atoms with E-state index in [1.165, 1.54) is 12.1 Å². The number of hydrogen-bond donors (Lipinski definition) is 1. The normalized spacial score (nSPS) is 14.9. The molecule has 0 spiro atoms. The number of hydrogen-bond acceptors (Lipinski definition) is 6.